The molecular weight excluding hydrogens is 248 g/mol. The van der Waals surface area contributed by atoms with Gasteiger partial charge in [-0.25, -0.2) is 0 Å². The van der Waals surface area contributed by atoms with Gasteiger partial charge < -0.3 is 18.9 Å². The summed E-state index contributed by atoms with van der Waals surface area (Å²) in [5, 5.41) is 0. The fraction of sp³-hybridized carbons (Fsp3) is 0.800. The van der Waals surface area contributed by atoms with E-state index >= 15 is 0 Å². The third kappa shape index (κ3) is 8.59. The second-order valence-electron chi connectivity index (χ2n) is 2.95. The quantitative estimate of drug-likeness (QED) is 0.312. The van der Waals surface area contributed by atoms with Crippen molar-refractivity contribution in [3.63, 3.8) is 0 Å². The minimum absolute atomic E-state index is 0.364. The molecule has 2 atom stereocenters. The van der Waals surface area contributed by atoms with Gasteiger partial charge in [-0.2, -0.15) is 19.4 Å². The molecule has 0 N–H and O–H groups in total. The molecule has 18 heavy (non-hydrogen) atoms. The van der Waals surface area contributed by atoms with Crippen molar-refractivity contribution in [3.05, 3.63) is 0 Å². The summed E-state index contributed by atoms with van der Waals surface area (Å²) in [5.74, 6) is 0. The van der Waals surface area contributed by atoms with E-state index in [1.165, 1.54) is 13.8 Å². The SMILES string of the molecule is CCOC(C)OC(=O)OOC(=O)OC(C)OCC. The fourth-order valence-electron chi connectivity index (χ4n) is 0.916. The lowest BCUT2D eigenvalue weighted by Gasteiger charge is -2.13. The number of hydrogen-bond acceptors (Lipinski definition) is 8. The third-order valence-electron chi connectivity index (χ3n) is 1.50. The maximum atomic E-state index is 11.0. The van der Waals surface area contributed by atoms with Gasteiger partial charge in [-0.1, -0.05) is 0 Å². The largest absolute Gasteiger partial charge is 0.552 e. The molecule has 0 heterocycles. The zero-order valence-electron chi connectivity index (χ0n) is 10.8. The van der Waals surface area contributed by atoms with Crippen LogP contribution >= 0.6 is 0 Å². The molecule has 0 aromatic heterocycles. The standard InChI is InChI=1S/C10H18O8/c1-5-13-7(3)15-9(11)17-18-10(12)16-8(4)14-6-2/h7-8H,5-6H2,1-4H3. The minimum atomic E-state index is -1.21. The van der Waals surface area contributed by atoms with E-state index in [-0.39, 0.29) is 0 Å². The van der Waals surface area contributed by atoms with Crippen LogP contribution in [-0.2, 0) is 28.7 Å². The molecule has 0 aliphatic heterocycles. The summed E-state index contributed by atoms with van der Waals surface area (Å²) in [7, 11) is 0. The van der Waals surface area contributed by atoms with Crippen LogP contribution < -0.4 is 0 Å². The summed E-state index contributed by atoms with van der Waals surface area (Å²) in [5.41, 5.74) is 0. The summed E-state index contributed by atoms with van der Waals surface area (Å²) in [6.07, 6.45) is -4.03. The van der Waals surface area contributed by atoms with Crippen molar-refractivity contribution in [1.29, 1.82) is 0 Å². The van der Waals surface area contributed by atoms with Crippen LogP contribution in [0.4, 0.5) is 9.59 Å². The van der Waals surface area contributed by atoms with Crippen molar-refractivity contribution < 1.29 is 38.3 Å². The maximum Gasteiger partial charge on any atom is 0.552 e. The molecule has 0 rings (SSSR count). The molecule has 0 aliphatic rings. The lowest BCUT2D eigenvalue weighted by atomic mass is 10.7. The molecule has 8 heteroatoms. The van der Waals surface area contributed by atoms with Crippen LogP contribution in [0.5, 0.6) is 0 Å². The average Bonchev–Trinajstić information content (AvgIpc) is 2.27. The van der Waals surface area contributed by atoms with Gasteiger partial charge in [-0.15, -0.1) is 0 Å². The molecular formula is C10H18O8. The molecule has 2 unspecified atom stereocenters. The van der Waals surface area contributed by atoms with Gasteiger partial charge in [0.05, 0.1) is 0 Å². The van der Waals surface area contributed by atoms with Crippen LogP contribution in [-0.4, -0.2) is 38.1 Å². The molecule has 0 spiro atoms. The van der Waals surface area contributed by atoms with E-state index in [0.717, 1.165) is 0 Å². The maximum absolute atomic E-state index is 11.0. The first kappa shape index (κ1) is 16.5. The highest BCUT2D eigenvalue weighted by atomic mass is 17.3. The Hall–Kier alpha value is -1.54. The highest BCUT2D eigenvalue weighted by molar-refractivity contribution is 5.63. The van der Waals surface area contributed by atoms with Gasteiger partial charge in [-0.3, -0.25) is 0 Å². The first-order valence-corrected chi connectivity index (χ1v) is 5.48. The van der Waals surface area contributed by atoms with Crippen LogP contribution in [0.15, 0.2) is 0 Å². The monoisotopic (exact) mass is 266 g/mol. The summed E-state index contributed by atoms with van der Waals surface area (Å²) in [6.45, 7) is 7.16. The van der Waals surface area contributed by atoms with Gasteiger partial charge in [-0.05, 0) is 27.7 Å². The van der Waals surface area contributed by atoms with Gasteiger partial charge >= 0.3 is 12.3 Å². The lowest BCUT2D eigenvalue weighted by Crippen LogP contribution is -2.23. The topological polar surface area (TPSA) is 89.5 Å². The van der Waals surface area contributed by atoms with E-state index in [4.69, 9.17) is 9.47 Å². The van der Waals surface area contributed by atoms with Crippen LogP contribution in [0.1, 0.15) is 27.7 Å². The highest BCUT2D eigenvalue weighted by Gasteiger charge is 2.17. The van der Waals surface area contributed by atoms with Gasteiger partial charge in [0.15, 0.2) is 0 Å². The first-order valence-electron chi connectivity index (χ1n) is 5.48. The Morgan fingerprint density at radius 3 is 1.44 bits per heavy atom. The smallest absolute Gasteiger partial charge is 0.402 e. The second-order valence-corrected chi connectivity index (χ2v) is 2.95. The number of carbonyl (C=O) groups is 2. The van der Waals surface area contributed by atoms with E-state index in [9.17, 15) is 9.59 Å². The summed E-state index contributed by atoms with van der Waals surface area (Å²) < 4.78 is 18.9. The summed E-state index contributed by atoms with van der Waals surface area (Å²) in [4.78, 5) is 30.0. The number of rotatable bonds is 6. The van der Waals surface area contributed by atoms with Crippen molar-refractivity contribution in [1.82, 2.24) is 0 Å². The number of carbonyl (C=O) groups excluding carboxylic acids is 2. The van der Waals surface area contributed by atoms with Gasteiger partial charge in [0.25, 0.3) is 0 Å². The molecule has 0 radical (unpaired) electrons. The Balaban J connectivity index is 3.74. The molecule has 8 nitrogen and oxygen atoms in total. The zero-order valence-corrected chi connectivity index (χ0v) is 10.8. The molecule has 0 aromatic carbocycles. The molecule has 0 aromatic rings. The van der Waals surface area contributed by atoms with Gasteiger partial charge in [0, 0.05) is 13.2 Å². The molecule has 0 aliphatic carbocycles. The Kier molecular flexibility index (Phi) is 8.67. The van der Waals surface area contributed by atoms with Crippen LogP contribution in [0.2, 0.25) is 0 Å². The van der Waals surface area contributed by atoms with Gasteiger partial charge in [0.2, 0.25) is 12.6 Å². The van der Waals surface area contributed by atoms with E-state index < -0.39 is 24.9 Å². The Morgan fingerprint density at radius 2 is 1.17 bits per heavy atom. The number of hydrogen-bond donors (Lipinski definition) is 0. The Bertz CT molecular complexity index is 228. The van der Waals surface area contributed by atoms with Crippen molar-refractivity contribution in [3.8, 4) is 0 Å². The predicted molar refractivity (Wildman–Crippen MR) is 57.3 cm³/mol. The normalized spacial score (nSPS) is 13.3. The van der Waals surface area contributed by atoms with E-state index in [1.54, 1.807) is 13.8 Å². The third-order valence-corrected chi connectivity index (χ3v) is 1.50. The van der Waals surface area contributed by atoms with Crippen molar-refractivity contribution in [2.45, 2.75) is 40.3 Å². The summed E-state index contributed by atoms with van der Waals surface area (Å²) >= 11 is 0. The minimum Gasteiger partial charge on any atom is -0.402 e. The van der Waals surface area contributed by atoms with E-state index in [2.05, 4.69) is 19.2 Å². The molecule has 106 valence electrons. The van der Waals surface area contributed by atoms with Gasteiger partial charge in [0.1, 0.15) is 0 Å². The highest BCUT2D eigenvalue weighted by Crippen LogP contribution is 2.00. The van der Waals surface area contributed by atoms with E-state index in [0.29, 0.717) is 13.2 Å². The van der Waals surface area contributed by atoms with Crippen molar-refractivity contribution in [2.24, 2.45) is 0 Å². The number of ether oxygens (including phenoxy) is 4. The molecule has 0 fully saturated rings. The second kappa shape index (κ2) is 9.49. The predicted octanol–water partition coefficient (Wildman–Crippen LogP) is 1.97. The molecule has 0 amide bonds. The van der Waals surface area contributed by atoms with Crippen LogP contribution in [0.25, 0.3) is 0 Å². The summed E-state index contributed by atoms with van der Waals surface area (Å²) in [6, 6.07) is 0. The average molecular weight is 266 g/mol. The molecule has 0 saturated heterocycles. The zero-order chi connectivity index (χ0) is 14.0. The van der Waals surface area contributed by atoms with Crippen LogP contribution in [0.3, 0.4) is 0 Å². The van der Waals surface area contributed by atoms with Crippen molar-refractivity contribution in [2.75, 3.05) is 13.2 Å². The van der Waals surface area contributed by atoms with Crippen molar-refractivity contribution >= 4 is 12.3 Å². The molecule has 0 bridgehead atoms. The van der Waals surface area contributed by atoms with Crippen LogP contribution in [0, 0.1) is 0 Å². The molecule has 0 saturated carbocycles. The Morgan fingerprint density at radius 1 is 0.833 bits per heavy atom. The fourth-order valence-corrected chi connectivity index (χ4v) is 0.916. The lowest BCUT2D eigenvalue weighted by molar-refractivity contribution is -0.245. The van der Waals surface area contributed by atoms with E-state index in [1.807, 2.05) is 0 Å². The Labute approximate surface area is 105 Å². The first-order chi connectivity index (χ1) is 8.49.